The summed E-state index contributed by atoms with van der Waals surface area (Å²) in [7, 11) is -2.47. The van der Waals surface area contributed by atoms with Gasteiger partial charge in [-0.2, -0.15) is 4.72 Å². The molecule has 1 atom stereocenters. The van der Waals surface area contributed by atoms with Gasteiger partial charge in [0.25, 0.3) is 0 Å². The molecule has 5 nitrogen and oxygen atoms in total. The first-order valence-electron chi connectivity index (χ1n) is 9.03. The number of carbonyl (C=O) groups is 1. The van der Waals surface area contributed by atoms with Gasteiger partial charge in [0.1, 0.15) is 6.04 Å². The van der Waals surface area contributed by atoms with Gasteiger partial charge in [-0.25, -0.2) is 8.42 Å². The number of carbonyl (C=O) groups excluding carboxylic acids is 1. The summed E-state index contributed by atoms with van der Waals surface area (Å²) in [6.45, 7) is 4.11. The summed E-state index contributed by atoms with van der Waals surface area (Å²) in [5.41, 5.74) is 1.07. The molecule has 1 saturated carbocycles. The quantitative estimate of drug-likeness (QED) is 0.747. The Labute approximate surface area is 151 Å². The minimum atomic E-state index is -3.76. The fourth-order valence-corrected chi connectivity index (χ4v) is 4.58. The second-order valence-corrected chi connectivity index (χ2v) is 8.87. The van der Waals surface area contributed by atoms with Crippen molar-refractivity contribution in [3.8, 4) is 0 Å². The number of hydrogen-bond acceptors (Lipinski definition) is 4. The molecule has 1 aromatic carbocycles. The van der Waals surface area contributed by atoms with Crippen LogP contribution in [0.15, 0.2) is 29.2 Å². The lowest BCUT2D eigenvalue weighted by Crippen LogP contribution is -2.42. The highest BCUT2D eigenvalue weighted by Crippen LogP contribution is 2.28. The van der Waals surface area contributed by atoms with Crippen molar-refractivity contribution in [2.24, 2.45) is 5.92 Å². The van der Waals surface area contributed by atoms with Crippen LogP contribution < -0.4 is 4.72 Å². The van der Waals surface area contributed by atoms with Crippen molar-refractivity contribution in [1.29, 1.82) is 0 Å². The molecule has 1 aromatic rings. The zero-order chi connectivity index (χ0) is 18.4. The highest BCUT2D eigenvalue weighted by molar-refractivity contribution is 7.89. The van der Waals surface area contributed by atoms with Crippen LogP contribution in [0.4, 0.5) is 0 Å². The number of benzene rings is 1. The Kier molecular flexibility index (Phi) is 7.02. The highest BCUT2D eigenvalue weighted by atomic mass is 32.2. The first-order chi connectivity index (χ1) is 11.8. The van der Waals surface area contributed by atoms with Gasteiger partial charge in [0.05, 0.1) is 12.0 Å². The SMILES string of the molecule is COC(=O)C(CC1CCCCC1)NS(=O)(=O)c1ccc(C(C)C)cc1. The molecule has 1 unspecified atom stereocenters. The maximum absolute atomic E-state index is 12.7. The first-order valence-corrected chi connectivity index (χ1v) is 10.5. The van der Waals surface area contributed by atoms with E-state index in [1.54, 1.807) is 12.1 Å². The second-order valence-electron chi connectivity index (χ2n) is 7.16. The van der Waals surface area contributed by atoms with E-state index in [0.29, 0.717) is 18.3 Å². The van der Waals surface area contributed by atoms with Crippen molar-refractivity contribution < 1.29 is 17.9 Å². The van der Waals surface area contributed by atoms with Crippen LogP contribution in [-0.2, 0) is 19.6 Å². The standard InChI is InChI=1S/C19H29NO4S/c1-14(2)16-9-11-17(12-10-16)25(22,23)20-18(19(21)24-3)13-15-7-5-4-6-8-15/h9-12,14-15,18,20H,4-8,13H2,1-3H3. The summed E-state index contributed by atoms with van der Waals surface area (Å²) >= 11 is 0. The van der Waals surface area contributed by atoms with E-state index in [1.165, 1.54) is 13.5 Å². The molecule has 0 heterocycles. The molecule has 0 saturated heterocycles. The van der Waals surface area contributed by atoms with E-state index >= 15 is 0 Å². The van der Waals surface area contributed by atoms with Crippen molar-refractivity contribution in [3.63, 3.8) is 0 Å². The van der Waals surface area contributed by atoms with Crippen LogP contribution in [0, 0.1) is 5.92 Å². The van der Waals surface area contributed by atoms with Crippen LogP contribution in [0.25, 0.3) is 0 Å². The van der Waals surface area contributed by atoms with E-state index in [4.69, 9.17) is 4.74 Å². The minimum Gasteiger partial charge on any atom is -0.468 e. The number of nitrogens with one attached hydrogen (secondary N) is 1. The maximum Gasteiger partial charge on any atom is 0.323 e. The average molecular weight is 368 g/mol. The summed E-state index contributed by atoms with van der Waals surface area (Å²) in [6.07, 6.45) is 6.07. The summed E-state index contributed by atoms with van der Waals surface area (Å²) in [4.78, 5) is 12.3. The molecule has 2 rings (SSSR count). The smallest absolute Gasteiger partial charge is 0.323 e. The molecule has 1 fully saturated rings. The summed E-state index contributed by atoms with van der Waals surface area (Å²) in [6, 6.07) is 5.98. The van der Waals surface area contributed by atoms with Gasteiger partial charge in [0.15, 0.2) is 0 Å². The zero-order valence-corrected chi connectivity index (χ0v) is 16.1. The van der Waals surface area contributed by atoms with Gasteiger partial charge >= 0.3 is 5.97 Å². The lowest BCUT2D eigenvalue weighted by molar-refractivity contribution is -0.143. The van der Waals surface area contributed by atoms with E-state index in [1.807, 2.05) is 12.1 Å². The molecule has 0 aromatic heterocycles. The van der Waals surface area contributed by atoms with Gasteiger partial charge < -0.3 is 4.74 Å². The van der Waals surface area contributed by atoms with Crippen molar-refractivity contribution in [1.82, 2.24) is 4.72 Å². The van der Waals surface area contributed by atoms with E-state index in [-0.39, 0.29) is 4.90 Å². The molecule has 25 heavy (non-hydrogen) atoms. The van der Waals surface area contributed by atoms with Gasteiger partial charge in [-0.1, -0.05) is 58.1 Å². The molecule has 0 bridgehead atoms. The number of methoxy groups -OCH3 is 1. The Morgan fingerprint density at radius 2 is 1.76 bits per heavy atom. The number of sulfonamides is 1. The van der Waals surface area contributed by atoms with Crippen LogP contribution in [-0.4, -0.2) is 27.5 Å². The Bertz CT molecular complexity index is 661. The first kappa shape index (κ1) is 19.9. The molecule has 0 radical (unpaired) electrons. The van der Waals surface area contributed by atoms with Crippen LogP contribution in [0.1, 0.15) is 63.9 Å². The second kappa shape index (κ2) is 8.81. The fraction of sp³-hybridized carbons (Fsp3) is 0.632. The number of esters is 1. The molecule has 1 aliphatic rings. The van der Waals surface area contributed by atoms with E-state index in [0.717, 1.165) is 31.2 Å². The molecule has 6 heteroatoms. The van der Waals surface area contributed by atoms with Crippen molar-refractivity contribution in [2.45, 2.75) is 69.2 Å². The van der Waals surface area contributed by atoms with Gasteiger partial charge in [0, 0.05) is 0 Å². The summed E-state index contributed by atoms with van der Waals surface area (Å²) in [5.74, 6) is 0.177. The molecule has 1 N–H and O–H groups in total. The summed E-state index contributed by atoms with van der Waals surface area (Å²) < 4.78 is 32.7. The van der Waals surface area contributed by atoms with Crippen LogP contribution in [0.3, 0.4) is 0 Å². The predicted molar refractivity (Wildman–Crippen MR) is 97.8 cm³/mol. The molecule has 1 aliphatic carbocycles. The largest absolute Gasteiger partial charge is 0.468 e. The lowest BCUT2D eigenvalue weighted by Gasteiger charge is -2.25. The molecule has 0 amide bonds. The van der Waals surface area contributed by atoms with Crippen LogP contribution in [0.2, 0.25) is 0 Å². The highest BCUT2D eigenvalue weighted by Gasteiger charge is 2.29. The third kappa shape index (κ3) is 5.54. The Morgan fingerprint density at radius 1 is 1.16 bits per heavy atom. The molecule has 0 spiro atoms. The maximum atomic E-state index is 12.7. The van der Waals surface area contributed by atoms with Gasteiger partial charge in [-0.15, -0.1) is 0 Å². The van der Waals surface area contributed by atoms with Gasteiger partial charge in [-0.3, -0.25) is 4.79 Å². The molecular weight excluding hydrogens is 338 g/mol. The van der Waals surface area contributed by atoms with Crippen molar-refractivity contribution in [3.05, 3.63) is 29.8 Å². The third-order valence-electron chi connectivity index (χ3n) is 4.93. The monoisotopic (exact) mass is 367 g/mol. The van der Waals surface area contributed by atoms with Crippen LogP contribution >= 0.6 is 0 Å². The Morgan fingerprint density at radius 3 is 2.28 bits per heavy atom. The number of rotatable bonds is 7. The number of ether oxygens (including phenoxy) is 1. The Balaban J connectivity index is 2.13. The van der Waals surface area contributed by atoms with Crippen molar-refractivity contribution >= 4 is 16.0 Å². The minimum absolute atomic E-state index is 0.175. The van der Waals surface area contributed by atoms with E-state index < -0.39 is 22.0 Å². The predicted octanol–water partition coefficient (Wildman–Crippen LogP) is 3.60. The lowest BCUT2D eigenvalue weighted by atomic mass is 9.85. The molecule has 140 valence electrons. The molecule has 0 aliphatic heterocycles. The fourth-order valence-electron chi connectivity index (χ4n) is 3.38. The van der Waals surface area contributed by atoms with E-state index in [2.05, 4.69) is 18.6 Å². The Hall–Kier alpha value is -1.40. The zero-order valence-electron chi connectivity index (χ0n) is 15.3. The summed E-state index contributed by atoms with van der Waals surface area (Å²) in [5, 5.41) is 0. The van der Waals surface area contributed by atoms with E-state index in [9.17, 15) is 13.2 Å². The molecular formula is C19H29NO4S. The van der Waals surface area contributed by atoms with Crippen LogP contribution in [0.5, 0.6) is 0 Å². The average Bonchev–Trinajstić information content (AvgIpc) is 2.61. The number of hydrogen-bond donors (Lipinski definition) is 1. The van der Waals surface area contributed by atoms with Gasteiger partial charge in [0.2, 0.25) is 10.0 Å². The van der Waals surface area contributed by atoms with Gasteiger partial charge in [-0.05, 0) is 36.0 Å². The third-order valence-corrected chi connectivity index (χ3v) is 6.42. The topological polar surface area (TPSA) is 72.5 Å². The van der Waals surface area contributed by atoms with Crippen molar-refractivity contribution in [2.75, 3.05) is 7.11 Å². The normalized spacial score (nSPS) is 17.4.